The average Bonchev–Trinajstić information content (AvgIpc) is 3.42. The van der Waals surface area contributed by atoms with Gasteiger partial charge in [-0.1, -0.05) is 29.4 Å². The van der Waals surface area contributed by atoms with E-state index in [0.29, 0.717) is 42.8 Å². The minimum atomic E-state index is -0.436. The van der Waals surface area contributed by atoms with Crippen molar-refractivity contribution in [2.75, 3.05) is 27.1 Å². The summed E-state index contributed by atoms with van der Waals surface area (Å²) in [5.74, 6) is 1.90. The summed E-state index contributed by atoms with van der Waals surface area (Å²) in [4.78, 5) is 16.0. The van der Waals surface area contributed by atoms with E-state index in [9.17, 15) is 4.79 Å². The summed E-state index contributed by atoms with van der Waals surface area (Å²) in [6.07, 6.45) is 0. The molecule has 0 atom stereocenters. The second-order valence-electron chi connectivity index (χ2n) is 6.17. The minimum Gasteiger partial charge on any atom is -0.489 e. The Kier molecular flexibility index (Phi) is 5.57. The summed E-state index contributed by atoms with van der Waals surface area (Å²) in [5.41, 5.74) is 1.70. The molecule has 2 aromatic carbocycles. The van der Waals surface area contributed by atoms with Crippen LogP contribution in [0.25, 0.3) is 11.4 Å². The number of nitrogens with one attached hydrogen (secondary N) is 1. The lowest BCUT2D eigenvalue weighted by atomic mass is 10.1. The number of ether oxygens (including phenoxy) is 4. The Hall–Kier alpha value is -3.59. The molecule has 29 heavy (non-hydrogen) atoms. The highest BCUT2D eigenvalue weighted by Gasteiger charge is 2.16. The maximum atomic E-state index is 11.9. The van der Waals surface area contributed by atoms with Crippen LogP contribution in [-0.2, 0) is 11.3 Å². The van der Waals surface area contributed by atoms with E-state index in [4.69, 9.17) is 23.5 Å². The molecule has 0 bridgehead atoms. The molecule has 0 saturated heterocycles. The number of rotatable bonds is 8. The molecular formula is C20H19N3O6. The van der Waals surface area contributed by atoms with Gasteiger partial charge in [-0.25, -0.2) is 0 Å². The average molecular weight is 397 g/mol. The Morgan fingerprint density at radius 3 is 2.79 bits per heavy atom. The second kappa shape index (κ2) is 8.61. The first-order valence-corrected chi connectivity index (χ1v) is 8.95. The molecule has 1 aromatic heterocycles. The minimum absolute atomic E-state index is 0.0914. The van der Waals surface area contributed by atoms with Gasteiger partial charge >= 0.3 is 11.8 Å². The number of fused-ring (bicyclic) bond motifs is 1. The number of carbonyl (C=O) groups excluding carboxylic acids is 1. The fraction of sp³-hybridized carbons (Fsp3) is 0.250. The van der Waals surface area contributed by atoms with Crippen LogP contribution in [0.15, 0.2) is 47.0 Å². The third kappa shape index (κ3) is 4.46. The van der Waals surface area contributed by atoms with E-state index in [0.717, 1.165) is 11.1 Å². The van der Waals surface area contributed by atoms with Crippen molar-refractivity contribution < 1.29 is 28.3 Å². The van der Waals surface area contributed by atoms with Crippen LogP contribution in [0.5, 0.6) is 17.2 Å². The molecule has 9 nitrogen and oxygen atoms in total. The standard InChI is InChI=1S/C20H19N3O6/c1-25-9-8-21-19(24)20-22-18(23-29-20)14-4-2-13(3-5-14)11-26-15-6-7-16-17(10-15)28-12-27-16/h2-7,10H,8-9,11-12H2,1H3,(H,21,24). The van der Waals surface area contributed by atoms with E-state index >= 15 is 0 Å². The summed E-state index contributed by atoms with van der Waals surface area (Å²) < 4.78 is 26.3. The van der Waals surface area contributed by atoms with Crippen molar-refractivity contribution in [3.05, 3.63) is 53.9 Å². The molecule has 1 amide bonds. The van der Waals surface area contributed by atoms with Crippen LogP contribution in [0, 0.1) is 0 Å². The van der Waals surface area contributed by atoms with E-state index in [1.165, 1.54) is 0 Å². The van der Waals surface area contributed by atoms with Crippen LogP contribution in [0.4, 0.5) is 0 Å². The Balaban J connectivity index is 1.35. The summed E-state index contributed by atoms with van der Waals surface area (Å²) in [5, 5.41) is 6.49. The quantitative estimate of drug-likeness (QED) is 0.578. The highest BCUT2D eigenvalue weighted by Crippen LogP contribution is 2.35. The first kappa shape index (κ1) is 18.8. The van der Waals surface area contributed by atoms with Crippen molar-refractivity contribution >= 4 is 5.91 Å². The topological polar surface area (TPSA) is 105 Å². The van der Waals surface area contributed by atoms with Crippen molar-refractivity contribution in [3.8, 4) is 28.6 Å². The molecule has 0 fully saturated rings. The number of carbonyl (C=O) groups is 1. The maximum absolute atomic E-state index is 11.9. The molecule has 9 heteroatoms. The molecule has 3 aromatic rings. The van der Waals surface area contributed by atoms with E-state index in [1.807, 2.05) is 36.4 Å². The van der Waals surface area contributed by atoms with Crippen LogP contribution in [0.3, 0.4) is 0 Å². The van der Waals surface area contributed by atoms with E-state index in [-0.39, 0.29) is 12.7 Å². The highest BCUT2D eigenvalue weighted by molar-refractivity contribution is 5.89. The van der Waals surface area contributed by atoms with Crippen LogP contribution in [0.2, 0.25) is 0 Å². The van der Waals surface area contributed by atoms with Gasteiger partial charge in [-0.05, 0) is 17.7 Å². The summed E-state index contributed by atoms with van der Waals surface area (Å²) >= 11 is 0. The van der Waals surface area contributed by atoms with Gasteiger partial charge in [0, 0.05) is 25.3 Å². The van der Waals surface area contributed by atoms with Gasteiger partial charge in [0.2, 0.25) is 12.6 Å². The van der Waals surface area contributed by atoms with E-state index in [1.54, 1.807) is 13.2 Å². The van der Waals surface area contributed by atoms with Crippen molar-refractivity contribution in [1.82, 2.24) is 15.5 Å². The monoisotopic (exact) mass is 397 g/mol. The fourth-order valence-electron chi connectivity index (χ4n) is 2.66. The highest BCUT2D eigenvalue weighted by atomic mass is 16.7. The Morgan fingerprint density at radius 1 is 1.14 bits per heavy atom. The van der Waals surface area contributed by atoms with Crippen molar-refractivity contribution in [2.45, 2.75) is 6.61 Å². The molecule has 2 heterocycles. The smallest absolute Gasteiger partial charge is 0.316 e. The Morgan fingerprint density at radius 2 is 1.97 bits per heavy atom. The largest absolute Gasteiger partial charge is 0.489 e. The lowest BCUT2D eigenvalue weighted by Crippen LogP contribution is -2.27. The normalized spacial score (nSPS) is 12.0. The molecule has 150 valence electrons. The van der Waals surface area contributed by atoms with Gasteiger partial charge in [0.15, 0.2) is 11.5 Å². The number of aromatic nitrogens is 2. The number of nitrogens with zero attached hydrogens (tertiary/aromatic N) is 2. The van der Waals surface area contributed by atoms with Gasteiger partial charge in [0.1, 0.15) is 12.4 Å². The number of hydrogen-bond donors (Lipinski definition) is 1. The molecule has 0 radical (unpaired) electrons. The van der Waals surface area contributed by atoms with Crippen molar-refractivity contribution in [2.24, 2.45) is 0 Å². The molecule has 0 spiro atoms. The molecule has 0 unspecified atom stereocenters. The molecule has 1 aliphatic rings. The lowest BCUT2D eigenvalue weighted by Gasteiger charge is -2.07. The summed E-state index contributed by atoms with van der Waals surface area (Å²) in [6.45, 7) is 1.39. The van der Waals surface area contributed by atoms with Crippen LogP contribution >= 0.6 is 0 Å². The summed E-state index contributed by atoms with van der Waals surface area (Å²) in [6, 6.07) is 12.9. The van der Waals surface area contributed by atoms with E-state index in [2.05, 4.69) is 15.5 Å². The zero-order chi connectivity index (χ0) is 20.1. The molecule has 4 rings (SSSR count). The van der Waals surface area contributed by atoms with Gasteiger partial charge in [-0.15, -0.1) is 0 Å². The van der Waals surface area contributed by atoms with Gasteiger partial charge < -0.3 is 28.8 Å². The SMILES string of the molecule is COCCNC(=O)c1nc(-c2ccc(COc3ccc4c(c3)OCO4)cc2)no1. The first-order chi connectivity index (χ1) is 14.2. The van der Waals surface area contributed by atoms with Gasteiger partial charge in [0.25, 0.3) is 0 Å². The zero-order valence-corrected chi connectivity index (χ0v) is 15.7. The number of methoxy groups -OCH3 is 1. The molecular weight excluding hydrogens is 378 g/mol. The second-order valence-corrected chi connectivity index (χ2v) is 6.17. The van der Waals surface area contributed by atoms with Gasteiger partial charge in [-0.2, -0.15) is 4.98 Å². The van der Waals surface area contributed by atoms with Gasteiger partial charge in [-0.3, -0.25) is 4.79 Å². The van der Waals surface area contributed by atoms with Gasteiger partial charge in [0.05, 0.1) is 6.61 Å². The number of benzene rings is 2. The zero-order valence-electron chi connectivity index (χ0n) is 15.7. The van der Waals surface area contributed by atoms with Crippen molar-refractivity contribution in [3.63, 3.8) is 0 Å². The number of hydrogen-bond acceptors (Lipinski definition) is 8. The fourth-order valence-corrected chi connectivity index (χ4v) is 2.66. The molecule has 1 N–H and O–H groups in total. The molecule has 1 aliphatic heterocycles. The summed E-state index contributed by atoms with van der Waals surface area (Å²) in [7, 11) is 1.56. The molecule has 0 aliphatic carbocycles. The van der Waals surface area contributed by atoms with Crippen LogP contribution in [-0.4, -0.2) is 43.1 Å². The van der Waals surface area contributed by atoms with E-state index < -0.39 is 5.91 Å². The van der Waals surface area contributed by atoms with Crippen LogP contribution in [0.1, 0.15) is 16.2 Å². The third-order valence-corrected chi connectivity index (χ3v) is 4.17. The van der Waals surface area contributed by atoms with Crippen molar-refractivity contribution in [1.29, 1.82) is 0 Å². The molecule has 0 saturated carbocycles. The Labute approximate surface area is 166 Å². The first-order valence-electron chi connectivity index (χ1n) is 8.95. The lowest BCUT2D eigenvalue weighted by molar-refractivity contribution is 0.0893. The third-order valence-electron chi connectivity index (χ3n) is 4.17. The van der Waals surface area contributed by atoms with Crippen LogP contribution < -0.4 is 19.5 Å². The number of amides is 1. The predicted molar refractivity (Wildman–Crippen MR) is 101 cm³/mol. The maximum Gasteiger partial charge on any atom is 0.316 e. The predicted octanol–water partition coefficient (Wildman–Crippen LogP) is 2.42. The Bertz CT molecular complexity index is 986.